The molecule has 204 valence electrons. The van der Waals surface area contributed by atoms with Gasteiger partial charge in [0.25, 0.3) is 11.5 Å². The van der Waals surface area contributed by atoms with Gasteiger partial charge in [0.2, 0.25) is 0 Å². The smallest absolute Gasteiger partial charge is 0.322 e. The van der Waals surface area contributed by atoms with Crippen molar-refractivity contribution < 1.29 is 18.0 Å². The van der Waals surface area contributed by atoms with Crippen LogP contribution in [0.5, 0.6) is 0 Å². The summed E-state index contributed by atoms with van der Waals surface area (Å²) in [5.41, 5.74) is 0.116. The average molecular weight is 531 g/mol. The van der Waals surface area contributed by atoms with E-state index in [0.29, 0.717) is 34.2 Å². The van der Waals surface area contributed by atoms with Crippen molar-refractivity contribution in [2.75, 3.05) is 11.9 Å². The summed E-state index contributed by atoms with van der Waals surface area (Å²) in [4.78, 5) is 26.1. The summed E-state index contributed by atoms with van der Waals surface area (Å²) in [5, 5.41) is 14.2. The number of hydrogen-bond donors (Lipinski definition) is 2. The van der Waals surface area contributed by atoms with Crippen LogP contribution >= 0.6 is 0 Å². The molecule has 0 aliphatic heterocycles. The molecule has 4 rings (SSSR count). The third kappa shape index (κ3) is 5.98. The molecular weight excluding hydrogens is 497 g/mol. The molecule has 1 aromatic carbocycles. The molecule has 2 N–H and O–H groups in total. The molecule has 0 saturated heterocycles. The van der Waals surface area contributed by atoms with E-state index in [-0.39, 0.29) is 17.5 Å². The fourth-order valence-corrected chi connectivity index (χ4v) is 5.26. The number of anilines is 1. The highest BCUT2D eigenvalue weighted by molar-refractivity contribution is 6.04. The van der Waals surface area contributed by atoms with Gasteiger partial charge in [0.15, 0.2) is 0 Å². The Labute approximate surface area is 219 Å². The SMILES string of the molecule is CC(C)CNCc1cc(C(=O)Nc2cccc(C3(c4nncn4C)CC(C)C3)c2)c(=O)n(CC(F)(F)F)c1. The predicted octanol–water partition coefficient (Wildman–Crippen LogP) is 4.25. The van der Waals surface area contributed by atoms with Gasteiger partial charge >= 0.3 is 6.18 Å². The fourth-order valence-electron chi connectivity index (χ4n) is 5.26. The maximum atomic E-state index is 13.2. The quantitative estimate of drug-likeness (QED) is 0.431. The van der Waals surface area contributed by atoms with Crippen molar-refractivity contribution in [3.05, 3.63) is 75.7 Å². The molecule has 0 spiro atoms. The summed E-state index contributed by atoms with van der Waals surface area (Å²) >= 11 is 0. The lowest BCUT2D eigenvalue weighted by Crippen LogP contribution is -2.43. The van der Waals surface area contributed by atoms with Crippen LogP contribution in [0.25, 0.3) is 0 Å². The number of halogens is 3. The van der Waals surface area contributed by atoms with Gasteiger partial charge in [-0.3, -0.25) is 9.59 Å². The van der Waals surface area contributed by atoms with E-state index in [2.05, 4.69) is 27.8 Å². The van der Waals surface area contributed by atoms with Crippen molar-refractivity contribution in [3.63, 3.8) is 0 Å². The first kappa shape index (κ1) is 27.6. The molecule has 38 heavy (non-hydrogen) atoms. The van der Waals surface area contributed by atoms with Crippen molar-refractivity contribution in [2.45, 2.75) is 58.3 Å². The number of aromatic nitrogens is 4. The topological polar surface area (TPSA) is 93.8 Å². The lowest BCUT2D eigenvalue weighted by atomic mass is 9.58. The summed E-state index contributed by atoms with van der Waals surface area (Å²) in [6.45, 7) is 5.56. The highest BCUT2D eigenvalue weighted by Gasteiger charge is 2.48. The summed E-state index contributed by atoms with van der Waals surface area (Å²) in [7, 11) is 1.89. The summed E-state index contributed by atoms with van der Waals surface area (Å²) in [5.74, 6) is 0.887. The molecule has 1 amide bonds. The van der Waals surface area contributed by atoms with E-state index in [4.69, 9.17) is 0 Å². The van der Waals surface area contributed by atoms with Crippen LogP contribution in [0.1, 0.15) is 60.9 Å². The van der Waals surface area contributed by atoms with Crippen LogP contribution in [-0.2, 0) is 25.6 Å². The number of carbonyl (C=O) groups excluding carboxylic acids is 1. The van der Waals surface area contributed by atoms with Crippen LogP contribution in [0.2, 0.25) is 0 Å². The minimum absolute atomic E-state index is 0.227. The first-order valence-corrected chi connectivity index (χ1v) is 12.6. The Kier molecular flexibility index (Phi) is 7.78. The van der Waals surface area contributed by atoms with Gasteiger partial charge in [0.05, 0.1) is 5.41 Å². The van der Waals surface area contributed by atoms with Crippen molar-refractivity contribution in [1.82, 2.24) is 24.6 Å². The Hall–Kier alpha value is -3.47. The molecule has 0 atom stereocenters. The molecule has 3 aromatic rings. The first-order chi connectivity index (χ1) is 17.9. The Morgan fingerprint density at radius 1 is 1.24 bits per heavy atom. The zero-order valence-corrected chi connectivity index (χ0v) is 22.0. The van der Waals surface area contributed by atoms with Gasteiger partial charge in [0.1, 0.15) is 24.3 Å². The zero-order chi connectivity index (χ0) is 27.7. The first-order valence-electron chi connectivity index (χ1n) is 12.6. The maximum Gasteiger partial charge on any atom is 0.406 e. The molecular formula is C27H33F3N6O2. The van der Waals surface area contributed by atoms with Gasteiger partial charge in [-0.05, 0) is 60.5 Å². The largest absolute Gasteiger partial charge is 0.406 e. The Bertz CT molecular complexity index is 1360. The van der Waals surface area contributed by atoms with E-state index in [1.54, 1.807) is 18.5 Å². The van der Waals surface area contributed by atoms with Crippen LogP contribution in [0.4, 0.5) is 18.9 Å². The van der Waals surface area contributed by atoms with Crippen molar-refractivity contribution >= 4 is 11.6 Å². The van der Waals surface area contributed by atoms with E-state index in [9.17, 15) is 22.8 Å². The Balaban J connectivity index is 1.63. The van der Waals surface area contributed by atoms with Crippen LogP contribution in [-0.4, -0.2) is 38.0 Å². The van der Waals surface area contributed by atoms with Gasteiger partial charge in [-0.15, -0.1) is 10.2 Å². The third-order valence-electron chi connectivity index (χ3n) is 6.82. The number of amides is 1. The lowest BCUT2D eigenvalue weighted by Gasteiger charge is -2.46. The second-order valence-corrected chi connectivity index (χ2v) is 10.7. The Morgan fingerprint density at radius 3 is 2.58 bits per heavy atom. The van der Waals surface area contributed by atoms with E-state index < -0.39 is 24.2 Å². The number of nitrogens with zero attached hydrogens (tertiary/aromatic N) is 4. The van der Waals surface area contributed by atoms with Crippen LogP contribution < -0.4 is 16.2 Å². The normalized spacial score (nSPS) is 19.4. The molecule has 2 heterocycles. The second kappa shape index (κ2) is 10.7. The molecule has 8 nitrogen and oxygen atoms in total. The van der Waals surface area contributed by atoms with E-state index >= 15 is 0 Å². The number of nitrogens with one attached hydrogen (secondary N) is 2. The molecule has 2 aromatic heterocycles. The van der Waals surface area contributed by atoms with Gasteiger partial charge < -0.3 is 19.8 Å². The number of hydrogen-bond acceptors (Lipinski definition) is 5. The van der Waals surface area contributed by atoms with E-state index in [1.807, 2.05) is 37.6 Å². The van der Waals surface area contributed by atoms with Crippen LogP contribution in [0, 0.1) is 11.8 Å². The lowest BCUT2D eigenvalue weighted by molar-refractivity contribution is -0.141. The van der Waals surface area contributed by atoms with E-state index in [1.165, 1.54) is 6.07 Å². The molecule has 1 aliphatic rings. The zero-order valence-electron chi connectivity index (χ0n) is 22.0. The number of aryl methyl sites for hydroxylation is 1. The van der Waals surface area contributed by atoms with E-state index in [0.717, 1.165) is 30.4 Å². The number of alkyl halides is 3. The summed E-state index contributed by atoms with van der Waals surface area (Å²) in [6, 6.07) is 8.65. The van der Waals surface area contributed by atoms with Gasteiger partial charge in [-0.2, -0.15) is 13.2 Å². The van der Waals surface area contributed by atoms with Crippen molar-refractivity contribution in [3.8, 4) is 0 Å². The van der Waals surface area contributed by atoms with Gasteiger partial charge in [0, 0.05) is 25.5 Å². The average Bonchev–Trinajstić information content (AvgIpc) is 3.23. The summed E-state index contributed by atoms with van der Waals surface area (Å²) < 4.78 is 42.0. The number of benzene rings is 1. The minimum Gasteiger partial charge on any atom is -0.322 e. The number of carbonyl (C=O) groups is 1. The van der Waals surface area contributed by atoms with Crippen LogP contribution in [0.3, 0.4) is 0 Å². The highest BCUT2D eigenvalue weighted by Crippen LogP contribution is 2.51. The number of rotatable bonds is 9. The second-order valence-electron chi connectivity index (χ2n) is 10.7. The number of pyridine rings is 1. The highest BCUT2D eigenvalue weighted by atomic mass is 19.4. The standard InChI is InChI=1S/C27H33F3N6O2/c1-17(2)12-31-13-19-8-22(24(38)36(14-19)15-27(28,29)30)23(37)33-21-7-5-6-20(9-21)26(10-18(3)11-26)25-34-32-16-35(25)4/h5-9,14,16-18,31H,10-13,15H2,1-4H3,(H,33,37). The molecule has 0 unspecified atom stereocenters. The van der Waals surface area contributed by atoms with Crippen molar-refractivity contribution in [1.29, 1.82) is 0 Å². The molecule has 1 fully saturated rings. The Morgan fingerprint density at radius 2 is 1.97 bits per heavy atom. The van der Waals surface area contributed by atoms with Crippen LogP contribution in [0.15, 0.2) is 47.7 Å². The molecule has 0 radical (unpaired) electrons. The van der Waals surface area contributed by atoms with Gasteiger partial charge in [-0.25, -0.2) is 0 Å². The predicted molar refractivity (Wildman–Crippen MR) is 138 cm³/mol. The van der Waals surface area contributed by atoms with Gasteiger partial charge in [-0.1, -0.05) is 32.9 Å². The minimum atomic E-state index is -4.61. The third-order valence-corrected chi connectivity index (χ3v) is 6.82. The summed E-state index contributed by atoms with van der Waals surface area (Å²) in [6.07, 6.45) is -0.0669. The molecule has 11 heteroatoms. The maximum absolute atomic E-state index is 13.2. The molecule has 1 saturated carbocycles. The monoisotopic (exact) mass is 530 g/mol. The van der Waals surface area contributed by atoms with Crippen molar-refractivity contribution in [2.24, 2.45) is 18.9 Å². The molecule has 1 aliphatic carbocycles. The fraction of sp³-hybridized carbons (Fsp3) is 0.481. The molecule has 0 bridgehead atoms.